The molecule has 0 aliphatic rings. The van der Waals surface area contributed by atoms with Crippen molar-refractivity contribution >= 4 is 23.2 Å². The summed E-state index contributed by atoms with van der Waals surface area (Å²) in [6.45, 7) is 9.37. The molecule has 2 aromatic carbocycles. The maximum absolute atomic E-state index is 12.1. The number of ether oxygens (including phenoxy) is 2. The number of amides is 1. The Morgan fingerprint density at radius 3 is 2.50 bits per heavy atom. The molecule has 0 fully saturated rings. The summed E-state index contributed by atoms with van der Waals surface area (Å²) in [7, 11) is 1.58. The molecule has 0 aliphatic carbocycles. The van der Waals surface area contributed by atoms with Crippen LogP contribution in [-0.2, 0) is 11.3 Å². The summed E-state index contributed by atoms with van der Waals surface area (Å²) < 4.78 is 11.1. The standard InChI is InChI=1S/C22H29ClN2O3/c1-15(22(2,3)4)24-13-16-10-11-19(20(12-16)27-5)28-14-21(26)25-18-9-7-6-8-17(18)23/h6-12,15,24H,13-14H2,1-5H3,(H,25,26)/t15-/m1/s1. The molecule has 0 aromatic heterocycles. The van der Waals surface area contributed by atoms with Gasteiger partial charge in [0.2, 0.25) is 0 Å². The van der Waals surface area contributed by atoms with Gasteiger partial charge < -0.3 is 20.1 Å². The highest BCUT2D eigenvalue weighted by Gasteiger charge is 2.19. The van der Waals surface area contributed by atoms with E-state index in [1.165, 1.54) is 0 Å². The van der Waals surface area contributed by atoms with Crippen LogP contribution < -0.4 is 20.1 Å². The zero-order chi connectivity index (χ0) is 20.7. The highest BCUT2D eigenvalue weighted by atomic mass is 35.5. The van der Waals surface area contributed by atoms with Gasteiger partial charge in [0.15, 0.2) is 18.1 Å². The van der Waals surface area contributed by atoms with Crippen molar-refractivity contribution in [1.29, 1.82) is 0 Å². The van der Waals surface area contributed by atoms with Gasteiger partial charge in [-0.2, -0.15) is 0 Å². The SMILES string of the molecule is COc1cc(CN[C@H](C)C(C)(C)C)ccc1OCC(=O)Nc1ccccc1Cl. The van der Waals surface area contributed by atoms with E-state index in [9.17, 15) is 4.79 Å². The second-order valence-electron chi connectivity index (χ2n) is 7.77. The van der Waals surface area contributed by atoms with Gasteiger partial charge in [0, 0.05) is 12.6 Å². The molecule has 2 N–H and O–H groups in total. The van der Waals surface area contributed by atoms with Crippen molar-refractivity contribution in [2.45, 2.75) is 40.3 Å². The van der Waals surface area contributed by atoms with Gasteiger partial charge in [-0.3, -0.25) is 4.79 Å². The smallest absolute Gasteiger partial charge is 0.262 e. The van der Waals surface area contributed by atoms with Crippen LogP contribution in [0.4, 0.5) is 5.69 Å². The molecule has 0 saturated heterocycles. The zero-order valence-electron chi connectivity index (χ0n) is 17.1. The third-order valence-electron chi connectivity index (χ3n) is 4.65. The lowest BCUT2D eigenvalue weighted by atomic mass is 9.88. The Kier molecular flexibility index (Phi) is 7.72. The van der Waals surface area contributed by atoms with Gasteiger partial charge in [0.25, 0.3) is 5.91 Å². The average molecular weight is 405 g/mol. The van der Waals surface area contributed by atoms with Crippen molar-refractivity contribution in [2.75, 3.05) is 19.0 Å². The maximum atomic E-state index is 12.1. The molecule has 0 bridgehead atoms. The van der Waals surface area contributed by atoms with E-state index in [2.05, 4.69) is 38.3 Å². The molecule has 0 unspecified atom stereocenters. The first-order valence-electron chi connectivity index (χ1n) is 9.28. The first kappa shape index (κ1) is 22.1. The van der Waals surface area contributed by atoms with E-state index in [1.807, 2.05) is 18.2 Å². The number of nitrogens with one attached hydrogen (secondary N) is 2. The van der Waals surface area contributed by atoms with Crippen LogP contribution in [0.1, 0.15) is 33.3 Å². The molecule has 1 amide bonds. The first-order valence-corrected chi connectivity index (χ1v) is 9.66. The van der Waals surface area contributed by atoms with Gasteiger partial charge in [0.1, 0.15) is 0 Å². The summed E-state index contributed by atoms with van der Waals surface area (Å²) in [5, 5.41) is 6.73. The Hall–Kier alpha value is -2.24. The number of hydrogen-bond acceptors (Lipinski definition) is 4. The van der Waals surface area contributed by atoms with Gasteiger partial charge in [0.05, 0.1) is 17.8 Å². The van der Waals surface area contributed by atoms with E-state index in [0.29, 0.717) is 28.3 Å². The summed E-state index contributed by atoms with van der Waals surface area (Å²) in [6, 6.07) is 13.1. The van der Waals surface area contributed by atoms with Crippen molar-refractivity contribution in [1.82, 2.24) is 5.32 Å². The molecular weight excluding hydrogens is 376 g/mol. The predicted molar refractivity (Wildman–Crippen MR) is 114 cm³/mol. The molecule has 2 rings (SSSR count). The summed E-state index contributed by atoms with van der Waals surface area (Å²) in [5.41, 5.74) is 1.82. The molecule has 0 spiro atoms. The monoisotopic (exact) mass is 404 g/mol. The number of para-hydroxylation sites is 1. The molecule has 1 atom stereocenters. The van der Waals surface area contributed by atoms with Gasteiger partial charge >= 0.3 is 0 Å². The van der Waals surface area contributed by atoms with Crippen LogP contribution in [0.5, 0.6) is 11.5 Å². The van der Waals surface area contributed by atoms with Crippen LogP contribution in [0.15, 0.2) is 42.5 Å². The van der Waals surface area contributed by atoms with Crippen molar-refractivity contribution in [3.05, 3.63) is 53.1 Å². The van der Waals surface area contributed by atoms with Crippen LogP contribution in [0.25, 0.3) is 0 Å². The number of benzene rings is 2. The van der Waals surface area contributed by atoms with E-state index < -0.39 is 0 Å². The molecule has 0 aliphatic heterocycles. The second kappa shape index (κ2) is 9.80. The Labute approximate surface area is 172 Å². The molecule has 0 radical (unpaired) electrons. The van der Waals surface area contributed by atoms with Crippen molar-refractivity contribution in [3.63, 3.8) is 0 Å². The number of halogens is 1. The van der Waals surface area contributed by atoms with Crippen molar-refractivity contribution in [3.8, 4) is 11.5 Å². The summed E-state index contributed by atoms with van der Waals surface area (Å²) >= 11 is 6.05. The molecule has 0 heterocycles. The zero-order valence-corrected chi connectivity index (χ0v) is 17.9. The van der Waals surface area contributed by atoms with Gasteiger partial charge in [-0.15, -0.1) is 0 Å². The lowest BCUT2D eigenvalue weighted by Gasteiger charge is -2.28. The fraction of sp³-hybridized carbons (Fsp3) is 0.409. The number of carbonyl (C=O) groups excluding carboxylic acids is 1. The van der Waals surface area contributed by atoms with E-state index >= 15 is 0 Å². The Morgan fingerprint density at radius 1 is 1.14 bits per heavy atom. The highest BCUT2D eigenvalue weighted by Crippen LogP contribution is 2.29. The number of rotatable bonds is 8. The minimum absolute atomic E-state index is 0.139. The van der Waals surface area contributed by atoms with Crippen LogP contribution in [0.3, 0.4) is 0 Å². The van der Waals surface area contributed by atoms with Crippen LogP contribution >= 0.6 is 11.6 Å². The molecule has 28 heavy (non-hydrogen) atoms. The van der Waals surface area contributed by atoms with Gasteiger partial charge in [-0.25, -0.2) is 0 Å². The second-order valence-corrected chi connectivity index (χ2v) is 8.18. The molecule has 152 valence electrons. The first-order chi connectivity index (χ1) is 13.2. The largest absolute Gasteiger partial charge is 0.493 e. The Morgan fingerprint density at radius 2 is 1.86 bits per heavy atom. The Bertz CT molecular complexity index is 803. The van der Waals surface area contributed by atoms with E-state index in [1.54, 1.807) is 31.4 Å². The average Bonchev–Trinajstić information content (AvgIpc) is 2.65. The van der Waals surface area contributed by atoms with Crippen molar-refractivity contribution < 1.29 is 14.3 Å². The van der Waals surface area contributed by atoms with Crippen LogP contribution in [0.2, 0.25) is 5.02 Å². The third kappa shape index (κ3) is 6.43. The molecule has 0 saturated carbocycles. The maximum Gasteiger partial charge on any atom is 0.262 e. The number of methoxy groups -OCH3 is 1. The third-order valence-corrected chi connectivity index (χ3v) is 4.98. The highest BCUT2D eigenvalue weighted by molar-refractivity contribution is 6.33. The molecule has 6 heteroatoms. The predicted octanol–water partition coefficient (Wildman–Crippen LogP) is 4.89. The lowest BCUT2D eigenvalue weighted by molar-refractivity contribution is -0.118. The van der Waals surface area contributed by atoms with Gasteiger partial charge in [-0.1, -0.05) is 50.6 Å². The topological polar surface area (TPSA) is 59.6 Å². The molecular formula is C22H29ClN2O3. The fourth-order valence-electron chi connectivity index (χ4n) is 2.41. The number of hydrogen-bond donors (Lipinski definition) is 2. The van der Waals surface area contributed by atoms with E-state index in [0.717, 1.165) is 12.1 Å². The summed E-state index contributed by atoms with van der Waals surface area (Å²) in [6.07, 6.45) is 0. The molecule has 2 aromatic rings. The summed E-state index contributed by atoms with van der Waals surface area (Å²) in [4.78, 5) is 12.1. The quantitative estimate of drug-likeness (QED) is 0.657. The van der Waals surface area contributed by atoms with E-state index in [-0.39, 0.29) is 17.9 Å². The molecule has 5 nitrogen and oxygen atoms in total. The lowest BCUT2D eigenvalue weighted by Crippen LogP contribution is -2.37. The summed E-state index contributed by atoms with van der Waals surface area (Å²) in [5.74, 6) is 0.817. The minimum Gasteiger partial charge on any atom is -0.493 e. The van der Waals surface area contributed by atoms with Gasteiger partial charge in [-0.05, 0) is 42.2 Å². The van der Waals surface area contributed by atoms with Crippen molar-refractivity contribution in [2.24, 2.45) is 5.41 Å². The number of anilines is 1. The Balaban J connectivity index is 1.94. The number of carbonyl (C=O) groups is 1. The minimum atomic E-state index is -0.292. The van der Waals surface area contributed by atoms with Crippen LogP contribution in [-0.4, -0.2) is 25.7 Å². The van der Waals surface area contributed by atoms with E-state index in [4.69, 9.17) is 21.1 Å². The normalized spacial score (nSPS) is 12.4. The fourth-order valence-corrected chi connectivity index (χ4v) is 2.59. The van der Waals surface area contributed by atoms with Crippen LogP contribution in [0, 0.1) is 5.41 Å².